The van der Waals surface area contributed by atoms with Crippen molar-refractivity contribution in [1.82, 2.24) is 19.7 Å². The number of halogens is 1. The normalized spacial score (nSPS) is 21.7. The van der Waals surface area contributed by atoms with Crippen LogP contribution in [0.25, 0.3) is 11.3 Å². The maximum atomic E-state index is 13.6. The number of urea groups is 1. The first kappa shape index (κ1) is 24.0. The van der Waals surface area contributed by atoms with Crippen LogP contribution in [0.3, 0.4) is 0 Å². The Morgan fingerprint density at radius 2 is 2.22 bits per heavy atom. The molecule has 2 amide bonds. The first-order valence-electron chi connectivity index (χ1n) is 12.2. The number of hydrogen-bond acceptors (Lipinski definition) is 8. The largest absolute Gasteiger partial charge is 0.475 e. The molecule has 3 aliphatic heterocycles. The van der Waals surface area contributed by atoms with E-state index in [9.17, 15) is 4.79 Å². The molecule has 3 aliphatic rings. The summed E-state index contributed by atoms with van der Waals surface area (Å²) in [6, 6.07) is 5.05. The lowest BCUT2D eigenvalue weighted by molar-refractivity contribution is -0.141. The third-order valence-corrected chi connectivity index (χ3v) is 6.99. The van der Waals surface area contributed by atoms with Crippen LogP contribution in [-0.4, -0.2) is 70.0 Å². The molecule has 0 unspecified atom stereocenters. The van der Waals surface area contributed by atoms with Crippen molar-refractivity contribution < 1.29 is 19.0 Å². The van der Waals surface area contributed by atoms with E-state index in [0.717, 1.165) is 30.8 Å². The first-order chi connectivity index (χ1) is 17.8. The number of pyridine rings is 2. The molecule has 6 heterocycles. The zero-order valence-corrected chi connectivity index (χ0v) is 21.6. The van der Waals surface area contributed by atoms with Crippen molar-refractivity contribution >= 4 is 34.8 Å². The predicted octanol–water partition coefficient (Wildman–Crippen LogP) is 3.69. The number of aryl methyl sites for hydroxylation is 1. The quantitative estimate of drug-likeness (QED) is 0.537. The minimum atomic E-state index is -0.618. The van der Waals surface area contributed by atoms with Crippen LogP contribution in [0, 0.1) is 0 Å². The molecule has 2 fully saturated rings. The van der Waals surface area contributed by atoms with Gasteiger partial charge in [-0.1, -0.05) is 11.6 Å². The van der Waals surface area contributed by atoms with Crippen molar-refractivity contribution in [2.45, 2.75) is 38.2 Å². The first-order valence-corrected chi connectivity index (χ1v) is 12.6. The molecule has 0 aromatic carbocycles. The molecule has 37 heavy (non-hydrogen) atoms. The van der Waals surface area contributed by atoms with Gasteiger partial charge in [-0.15, -0.1) is 0 Å². The number of ether oxygens (including phenoxy) is 3. The van der Waals surface area contributed by atoms with Gasteiger partial charge in [0.05, 0.1) is 35.2 Å². The van der Waals surface area contributed by atoms with E-state index < -0.39 is 5.79 Å². The van der Waals surface area contributed by atoms with Gasteiger partial charge in [-0.2, -0.15) is 5.10 Å². The Morgan fingerprint density at radius 1 is 1.35 bits per heavy atom. The van der Waals surface area contributed by atoms with Crippen LogP contribution >= 0.6 is 11.6 Å². The van der Waals surface area contributed by atoms with Crippen molar-refractivity contribution in [3.63, 3.8) is 0 Å². The molecule has 12 heteroatoms. The van der Waals surface area contributed by atoms with Gasteiger partial charge in [0.25, 0.3) is 0 Å². The summed E-state index contributed by atoms with van der Waals surface area (Å²) in [5, 5.41) is 7.76. The Kier molecular flexibility index (Phi) is 5.93. The van der Waals surface area contributed by atoms with Crippen LogP contribution < -0.4 is 19.9 Å². The highest BCUT2D eigenvalue weighted by atomic mass is 35.5. The number of fused-ring (bicyclic) bond motifs is 4. The van der Waals surface area contributed by atoms with Crippen LogP contribution in [0.4, 0.5) is 22.0 Å². The van der Waals surface area contributed by atoms with Gasteiger partial charge >= 0.3 is 6.03 Å². The summed E-state index contributed by atoms with van der Waals surface area (Å²) in [5.41, 5.74) is 2.80. The molecule has 2 saturated heterocycles. The van der Waals surface area contributed by atoms with E-state index in [1.807, 2.05) is 33.2 Å². The maximum Gasteiger partial charge on any atom is 0.327 e. The Bertz CT molecular complexity index is 1350. The second-order valence-corrected chi connectivity index (χ2v) is 10.3. The number of hydrogen-bond donors (Lipinski definition) is 1. The monoisotopic (exact) mass is 525 g/mol. The number of aromatic nitrogens is 4. The van der Waals surface area contributed by atoms with Crippen molar-refractivity contribution in [3.8, 4) is 17.1 Å². The molecule has 3 aromatic rings. The lowest BCUT2D eigenvalue weighted by Crippen LogP contribution is -2.48. The summed E-state index contributed by atoms with van der Waals surface area (Å²) in [7, 11) is 1.84. The van der Waals surface area contributed by atoms with Gasteiger partial charge in [0.2, 0.25) is 5.88 Å². The third-order valence-electron chi connectivity index (χ3n) is 6.70. The summed E-state index contributed by atoms with van der Waals surface area (Å²) in [6.45, 7) is 6.05. The Hall–Kier alpha value is -3.41. The fourth-order valence-electron chi connectivity index (χ4n) is 5.01. The van der Waals surface area contributed by atoms with Crippen LogP contribution in [0.2, 0.25) is 5.02 Å². The molecule has 2 atom stereocenters. The van der Waals surface area contributed by atoms with Crippen LogP contribution in [-0.2, 0) is 16.5 Å². The van der Waals surface area contributed by atoms with E-state index in [1.165, 1.54) is 0 Å². The van der Waals surface area contributed by atoms with Gasteiger partial charge in [0.1, 0.15) is 12.7 Å². The van der Waals surface area contributed by atoms with Gasteiger partial charge < -0.3 is 24.4 Å². The molecule has 11 nitrogen and oxygen atoms in total. The average molecular weight is 526 g/mol. The number of anilines is 3. The number of carbonyl (C=O) groups is 1. The van der Waals surface area contributed by atoms with E-state index >= 15 is 0 Å². The highest BCUT2D eigenvalue weighted by molar-refractivity contribution is 6.33. The lowest BCUT2D eigenvalue weighted by Gasteiger charge is -2.36. The fraction of sp³-hybridized carbons (Fsp3) is 0.440. The molecular weight excluding hydrogens is 498 g/mol. The number of carbonyl (C=O) groups excluding carboxylic acids is 1. The second kappa shape index (κ2) is 9.16. The smallest absolute Gasteiger partial charge is 0.327 e. The zero-order chi connectivity index (χ0) is 25.7. The molecule has 0 radical (unpaired) electrons. The molecule has 194 valence electrons. The molecule has 1 N–H and O–H groups in total. The van der Waals surface area contributed by atoms with Crippen LogP contribution in [0.5, 0.6) is 5.88 Å². The van der Waals surface area contributed by atoms with E-state index in [-0.39, 0.29) is 18.2 Å². The molecular formula is C25H28ClN7O4. The van der Waals surface area contributed by atoms with E-state index in [4.69, 9.17) is 30.8 Å². The third kappa shape index (κ3) is 4.70. The van der Waals surface area contributed by atoms with Crippen LogP contribution in [0.15, 0.2) is 36.8 Å². The van der Waals surface area contributed by atoms with Crippen molar-refractivity contribution in [2.24, 2.45) is 7.05 Å². The molecule has 0 aliphatic carbocycles. The Balaban J connectivity index is 1.22. The van der Waals surface area contributed by atoms with E-state index in [0.29, 0.717) is 41.3 Å². The molecule has 0 saturated carbocycles. The van der Waals surface area contributed by atoms with Gasteiger partial charge in [-0.3, -0.25) is 9.58 Å². The maximum absolute atomic E-state index is 13.6. The summed E-state index contributed by atoms with van der Waals surface area (Å²) in [5.74, 6) is 0.356. The summed E-state index contributed by atoms with van der Waals surface area (Å²) in [4.78, 5) is 26.7. The van der Waals surface area contributed by atoms with Gasteiger partial charge in [0.15, 0.2) is 11.6 Å². The van der Waals surface area contributed by atoms with Crippen molar-refractivity contribution in [3.05, 3.63) is 41.8 Å². The topological polar surface area (TPSA) is 107 Å². The Labute approximate surface area is 219 Å². The van der Waals surface area contributed by atoms with Gasteiger partial charge in [-0.25, -0.2) is 14.8 Å². The molecule has 0 spiro atoms. The second-order valence-electron chi connectivity index (χ2n) is 9.90. The van der Waals surface area contributed by atoms with Crippen molar-refractivity contribution in [1.29, 1.82) is 0 Å². The fourth-order valence-corrected chi connectivity index (χ4v) is 5.26. The van der Waals surface area contributed by atoms with Gasteiger partial charge in [-0.05, 0) is 32.4 Å². The molecule has 6 rings (SSSR count). The van der Waals surface area contributed by atoms with E-state index in [2.05, 4.69) is 20.3 Å². The Morgan fingerprint density at radius 3 is 2.97 bits per heavy atom. The standard InChI is InChI=1S/C25H28ClN7O4/c1-25(2)36-14-18(37-25)13-35-21-8-16(4-6-27-21)29-24(34)33-17-5-7-32(12-17)20-9-19(26)22(30-23(20)33)15-10-28-31(3)11-15/h4,6,8-11,17-18H,5,7,12-14H2,1-3H3,(H,27,29,34)/t17-,18+/m0/s1. The SMILES string of the molecule is Cn1cc(-c2nc3c(cc2Cl)N2CC[C@@H](C2)N3C(=O)Nc2ccnc(OC[C@@H]3COC(C)(C)O3)c2)cn1. The summed E-state index contributed by atoms with van der Waals surface area (Å²) in [6.07, 6.45) is 5.82. The number of nitrogens with zero attached hydrogens (tertiary/aromatic N) is 6. The minimum absolute atomic E-state index is 0.00310. The average Bonchev–Trinajstić information content (AvgIpc) is 3.57. The van der Waals surface area contributed by atoms with Crippen LogP contribution in [0.1, 0.15) is 20.3 Å². The number of amides is 2. The minimum Gasteiger partial charge on any atom is -0.475 e. The van der Waals surface area contributed by atoms with Gasteiger partial charge in [0, 0.05) is 49.8 Å². The van der Waals surface area contributed by atoms with E-state index in [1.54, 1.807) is 34.1 Å². The highest BCUT2D eigenvalue weighted by Gasteiger charge is 2.41. The summed E-state index contributed by atoms with van der Waals surface area (Å²) >= 11 is 6.62. The molecule has 2 bridgehead atoms. The summed E-state index contributed by atoms with van der Waals surface area (Å²) < 4.78 is 18.9. The van der Waals surface area contributed by atoms with Crippen molar-refractivity contribution in [2.75, 3.05) is 41.4 Å². The lowest BCUT2D eigenvalue weighted by atomic mass is 10.1. The number of rotatable bonds is 5. The zero-order valence-electron chi connectivity index (χ0n) is 20.8. The number of nitrogens with one attached hydrogen (secondary N) is 1. The molecule has 3 aromatic heterocycles. The highest BCUT2D eigenvalue weighted by Crippen LogP contribution is 2.43. The predicted molar refractivity (Wildman–Crippen MR) is 138 cm³/mol.